The number of methoxy groups -OCH3 is 1. The van der Waals surface area contributed by atoms with Crippen LogP contribution in [-0.2, 0) is 6.42 Å². The first-order valence-electron chi connectivity index (χ1n) is 5.96. The van der Waals surface area contributed by atoms with E-state index in [9.17, 15) is 9.50 Å². The number of hydrogen-bond acceptors (Lipinski definition) is 2. The molecule has 0 aliphatic carbocycles. The highest BCUT2D eigenvalue weighted by molar-refractivity contribution is 9.10. The Balaban J connectivity index is 2.19. The van der Waals surface area contributed by atoms with Crippen molar-refractivity contribution in [3.8, 4) is 5.75 Å². The quantitative estimate of drug-likeness (QED) is 0.869. The zero-order valence-corrected chi connectivity index (χ0v) is 13.1. The number of benzene rings is 2. The van der Waals surface area contributed by atoms with Crippen LogP contribution in [0.15, 0.2) is 40.9 Å². The van der Waals surface area contributed by atoms with Crippen molar-refractivity contribution in [3.05, 3.63) is 62.8 Å². The lowest BCUT2D eigenvalue weighted by Crippen LogP contribution is -2.03. The smallest absolute Gasteiger partial charge is 0.165 e. The van der Waals surface area contributed by atoms with Gasteiger partial charge in [0.25, 0.3) is 0 Å². The van der Waals surface area contributed by atoms with Crippen LogP contribution in [0.5, 0.6) is 5.75 Å². The second kappa shape index (κ2) is 6.57. The van der Waals surface area contributed by atoms with Crippen molar-refractivity contribution in [1.82, 2.24) is 0 Å². The summed E-state index contributed by atoms with van der Waals surface area (Å²) in [5, 5.41) is 10.7. The van der Waals surface area contributed by atoms with Gasteiger partial charge in [-0.25, -0.2) is 4.39 Å². The predicted octanol–water partition coefficient (Wildman–Crippen LogP) is 4.53. The fourth-order valence-electron chi connectivity index (χ4n) is 1.90. The number of ether oxygens (including phenoxy) is 1. The minimum Gasteiger partial charge on any atom is -0.494 e. The molecule has 0 bridgehead atoms. The molecule has 0 spiro atoms. The fourth-order valence-corrected chi connectivity index (χ4v) is 2.65. The molecule has 0 amide bonds. The van der Waals surface area contributed by atoms with Crippen LogP contribution in [0.4, 0.5) is 4.39 Å². The van der Waals surface area contributed by atoms with E-state index in [1.165, 1.54) is 19.2 Å². The van der Waals surface area contributed by atoms with Crippen molar-refractivity contribution in [2.75, 3.05) is 7.11 Å². The summed E-state index contributed by atoms with van der Waals surface area (Å²) in [6.45, 7) is 0. The summed E-state index contributed by atoms with van der Waals surface area (Å²) < 4.78 is 19.3. The summed E-state index contributed by atoms with van der Waals surface area (Å²) in [6.07, 6.45) is -0.508. The molecule has 0 aliphatic rings. The normalized spacial score (nSPS) is 12.2. The van der Waals surface area contributed by atoms with Crippen LogP contribution in [0.2, 0.25) is 5.02 Å². The molecule has 2 aromatic rings. The molecule has 1 atom stereocenters. The van der Waals surface area contributed by atoms with Crippen LogP contribution in [0.1, 0.15) is 17.2 Å². The first kappa shape index (κ1) is 15.3. The third-order valence-electron chi connectivity index (χ3n) is 2.99. The van der Waals surface area contributed by atoms with Crippen molar-refractivity contribution in [1.29, 1.82) is 0 Å². The molecule has 0 fully saturated rings. The molecule has 2 nitrogen and oxygen atoms in total. The van der Waals surface area contributed by atoms with Crippen molar-refractivity contribution >= 4 is 27.5 Å². The van der Waals surface area contributed by atoms with Crippen LogP contribution >= 0.6 is 27.5 Å². The molecule has 1 unspecified atom stereocenters. The van der Waals surface area contributed by atoms with Crippen LogP contribution in [0.25, 0.3) is 0 Å². The molecule has 0 heterocycles. The van der Waals surface area contributed by atoms with Crippen molar-refractivity contribution in [2.24, 2.45) is 0 Å². The number of rotatable bonds is 4. The summed E-state index contributed by atoms with van der Waals surface area (Å²) in [5.41, 5.74) is 1.29. The summed E-state index contributed by atoms with van der Waals surface area (Å²) >= 11 is 9.43. The zero-order chi connectivity index (χ0) is 14.7. The highest BCUT2D eigenvalue weighted by Gasteiger charge is 2.13. The number of halogens is 3. The minimum absolute atomic E-state index is 0.155. The average Bonchev–Trinajstić information content (AvgIpc) is 2.41. The monoisotopic (exact) mass is 358 g/mol. The number of aliphatic hydroxyl groups excluding tert-OH is 1. The van der Waals surface area contributed by atoms with Crippen molar-refractivity contribution < 1.29 is 14.2 Å². The molecule has 20 heavy (non-hydrogen) atoms. The molecule has 0 aromatic heterocycles. The Morgan fingerprint density at radius 3 is 2.65 bits per heavy atom. The van der Waals surface area contributed by atoms with Crippen LogP contribution in [-0.4, -0.2) is 12.2 Å². The van der Waals surface area contributed by atoms with E-state index in [1.54, 1.807) is 12.1 Å². The van der Waals surface area contributed by atoms with Gasteiger partial charge in [-0.15, -0.1) is 0 Å². The molecular weight excluding hydrogens is 347 g/mol. The first-order valence-corrected chi connectivity index (χ1v) is 7.14. The molecule has 5 heteroatoms. The number of hydrogen-bond donors (Lipinski definition) is 1. The van der Waals surface area contributed by atoms with E-state index in [4.69, 9.17) is 16.3 Å². The fraction of sp³-hybridized carbons (Fsp3) is 0.200. The van der Waals surface area contributed by atoms with Gasteiger partial charge in [-0.2, -0.15) is 0 Å². The van der Waals surface area contributed by atoms with E-state index in [0.29, 0.717) is 17.0 Å². The van der Waals surface area contributed by atoms with Crippen LogP contribution < -0.4 is 4.74 Å². The van der Waals surface area contributed by atoms with Crippen molar-refractivity contribution in [2.45, 2.75) is 12.5 Å². The highest BCUT2D eigenvalue weighted by Crippen LogP contribution is 2.28. The molecule has 106 valence electrons. The highest BCUT2D eigenvalue weighted by atomic mass is 79.9. The van der Waals surface area contributed by atoms with Crippen LogP contribution in [0.3, 0.4) is 0 Å². The molecule has 2 rings (SSSR count). The van der Waals surface area contributed by atoms with E-state index < -0.39 is 11.9 Å². The van der Waals surface area contributed by atoms with Gasteiger partial charge in [0.1, 0.15) is 0 Å². The molecule has 0 saturated heterocycles. The third-order valence-corrected chi connectivity index (χ3v) is 3.83. The van der Waals surface area contributed by atoms with E-state index >= 15 is 0 Å². The summed E-state index contributed by atoms with van der Waals surface area (Å²) in [7, 11) is 1.40. The van der Waals surface area contributed by atoms with E-state index in [-0.39, 0.29) is 5.75 Å². The minimum atomic E-state index is -0.825. The Labute approximate surface area is 130 Å². The number of aliphatic hydroxyl groups is 1. The van der Waals surface area contributed by atoms with Gasteiger partial charge in [-0.05, 0) is 35.4 Å². The van der Waals surface area contributed by atoms with Gasteiger partial charge in [-0.3, -0.25) is 0 Å². The Kier molecular flexibility index (Phi) is 5.02. The maximum atomic E-state index is 13.6. The predicted molar refractivity (Wildman–Crippen MR) is 80.8 cm³/mol. The SMILES string of the molecule is COc1ccc(C(O)Cc2ccc(Br)cc2Cl)cc1F. The lowest BCUT2D eigenvalue weighted by molar-refractivity contribution is 0.178. The van der Waals surface area contributed by atoms with E-state index in [2.05, 4.69) is 15.9 Å². The second-order valence-corrected chi connectivity index (χ2v) is 5.67. The molecule has 0 aliphatic heterocycles. The van der Waals surface area contributed by atoms with Gasteiger partial charge >= 0.3 is 0 Å². The average molecular weight is 360 g/mol. The Hall–Kier alpha value is -1.10. The van der Waals surface area contributed by atoms with Gasteiger partial charge in [0.15, 0.2) is 11.6 Å². The van der Waals surface area contributed by atoms with E-state index in [1.807, 2.05) is 12.1 Å². The Morgan fingerprint density at radius 2 is 2.05 bits per heavy atom. The zero-order valence-electron chi connectivity index (χ0n) is 10.7. The van der Waals surface area contributed by atoms with Gasteiger partial charge in [0.2, 0.25) is 0 Å². The molecule has 0 radical (unpaired) electrons. The van der Waals surface area contributed by atoms with Gasteiger partial charge < -0.3 is 9.84 Å². The maximum Gasteiger partial charge on any atom is 0.165 e. The lowest BCUT2D eigenvalue weighted by Gasteiger charge is -2.13. The molecule has 1 N–H and O–H groups in total. The molecule has 0 saturated carbocycles. The van der Waals surface area contributed by atoms with Gasteiger partial charge in [-0.1, -0.05) is 39.7 Å². The third kappa shape index (κ3) is 3.51. The first-order chi connectivity index (χ1) is 9.51. The van der Waals surface area contributed by atoms with Crippen LogP contribution in [0, 0.1) is 5.82 Å². The van der Waals surface area contributed by atoms with Gasteiger partial charge in [0, 0.05) is 15.9 Å². The summed E-state index contributed by atoms with van der Waals surface area (Å²) in [6, 6.07) is 9.85. The summed E-state index contributed by atoms with van der Waals surface area (Å²) in [4.78, 5) is 0. The van der Waals surface area contributed by atoms with Crippen molar-refractivity contribution in [3.63, 3.8) is 0 Å². The van der Waals surface area contributed by atoms with Gasteiger partial charge in [0.05, 0.1) is 13.2 Å². The lowest BCUT2D eigenvalue weighted by atomic mass is 10.0. The Morgan fingerprint density at radius 1 is 1.30 bits per heavy atom. The Bertz CT molecular complexity index is 619. The standard InChI is InChI=1S/C15H13BrClFO2/c1-20-15-5-3-10(6-13(15)18)14(19)7-9-2-4-11(16)8-12(9)17/h2-6,8,14,19H,7H2,1H3. The topological polar surface area (TPSA) is 29.5 Å². The molecule has 2 aromatic carbocycles. The second-order valence-electron chi connectivity index (χ2n) is 4.35. The summed E-state index contributed by atoms with van der Waals surface area (Å²) in [5.74, 6) is -0.339. The maximum absolute atomic E-state index is 13.6. The molecular formula is C15H13BrClFO2. The largest absolute Gasteiger partial charge is 0.494 e. The van der Waals surface area contributed by atoms with E-state index in [0.717, 1.165) is 10.0 Å².